The second kappa shape index (κ2) is 5.57. The fraction of sp³-hybridized carbons (Fsp3) is 0.467. The summed E-state index contributed by atoms with van der Waals surface area (Å²) in [6, 6.07) is 7.73. The summed E-state index contributed by atoms with van der Waals surface area (Å²) in [5, 5.41) is 0. The fourth-order valence-electron chi connectivity index (χ4n) is 2.13. The highest BCUT2D eigenvalue weighted by Crippen LogP contribution is 2.29. The van der Waals surface area contributed by atoms with Crippen LogP contribution in [0.3, 0.4) is 0 Å². The van der Waals surface area contributed by atoms with Crippen LogP contribution in [0, 0.1) is 6.92 Å². The van der Waals surface area contributed by atoms with Gasteiger partial charge in [-0.05, 0) is 32.9 Å². The third-order valence-corrected chi connectivity index (χ3v) is 4.48. The van der Waals surface area contributed by atoms with E-state index in [1.807, 2.05) is 45.0 Å². The minimum atomic E-state index is -1.09. The van der Waals surface area contributed by atoms with Gasteiger partial charge in [-0.3, -0.25) is 4.21 Å². The molecule has 0 bridgehead atoms. The van der Waals surface area contributed by atoms with E-state index in [-0.39, 0.29) is 12.2 Å². The molecule has 0 aliphatic carbocycles. The predicted octanol–water partition coefficient (Wildman–Crippen LogP) is 2.81. The Morgan fingerprint density at radius 2 is 1.95 bits per heavy atom. The summed E-state index contributed by atoms with van der Waals surface area (Å²) < 4.78 is 23.8. The van der Waals surface area contributed by atoms with E-state index >= 15 is 0 Å². The SMILES string of the molecule is C=C[C@H]1OC(C)(C)O[C@@H]1CS(=O)c1ccc(C)cc1. The van der Waals surface area contributed by atoms with Gasteiger partial charge in [-0.15, -0.1) is 6.58 Å². The minimum Gasteiger partial charge on any atom is -0.343 e. The van der Waals surface area contributed by atoms with Gasteiger partial charge >= 0.3 is 0 Å². The lowest BCUT2D eigenvalue weighted by Crippen LogP contribution is -2.27. The molecule has 3 nitrogen and oxygen atoms in total. The number of rotatable bonds is 4. The van der Waals surface area contributed by atoms with Crippen LogP contribution >= 0.6 is 0 Å². The summed E-state index contributed by atoms with van der Waals surface area (Å²) in [6.45, 7) is 9.48. The van der Waals surface area contributed by atoms with Gasteiger partial charge < -0.3 is 9.47 Å². The van der Waals surface area contributed by atoms with Gasteiger partial charge in [-0.25, -0.2) is 0 Å². The Balaban J connectivity index is 2.06. The molecule has 1 heterocycles. The van der Waals surface area contributed by atoms with Gasteiger partial charge in [0.05, 0.1) is 16.6 Å². The molecule has 1 fully saturated rings. The number of hydrogen-bond donors (Lipinski definition) is 0. The number of benzene rings is 1. The lowest BCUT2D eigenvalue weighted by atomic mass is 10.2. The molecule has 2 rings (SSSR count). The third kappa shape index (κ3) is 3.53. The standard InChI is InChI=1S/C15H20O3S/c1-5-13-14(18-15(3,4)17-13)10-19(16)12-8-6-11(2)7-9-12/h5-9,13-14H,1,10H2,2-4H3/t13-,14-,19?/m1/s1. The molecular formula is C15H20O3S. The maximum absolute atomic E-state index is 12.3. The zero-order valence-corrected chi connectivity index (χ0v) is 12.4. The van der Waals surface area contributed by atoms with E-state index in [4.69, 9.17) is 9.47 Å². The van der Waals surface area contributed by atoms with Gasteiger partial charge in [-0.1, -0.05) is 23.8 Å². The Morgan fingerprint density at radius 1 is 1.32 bits per heavy atom. The highest BCUT2D eigenvalue weighted by Gasteiger charge is 2.40. The zero-order valence-electron chi connectivity index (χ0n) is 11.6. The monoisotopic (exact) mass is 280 g/mol. The minimum absolute atomic E-state index is 0.204. The molecule has 1 aromatic carbocycles. The van der Waals surface area contributed by atoms with E-state index in [0.29, 0.717) is 5.75 Å². The molecule has 0 N–H and O–H groups in total. The summed E-state index contributed by atoms with van der Waals surface area (Å²) in [5.41, 5.74) is 1.16. The first-order chi connectivity index (χ1) is 8.91. The average molecular weight is 280 g/mol. The first kappa shape index (κ1) is 14.4. The zero-order chi connectivity index (χ0) is 14.0. The van der Waals surface area contributed by atoms with Gasteiger partial charge in [0.2, 0.25) is 0 Å². The molecule has 19 heavy (non-hydrogen) atoms. The van der Waals surface area contributed by atoms with Gasteiger partial charge in [0.15, 0.2) is 5.79 Å². The van der Waals surface area contributed by atoms with Crippen molar-refractivity contribution >= 4 is 10.8 Å². The molecule has 0 spiro atoms. The van der Waals surface area contributed by atoms with Crippen molar-refractivity contribution in [2.45, 2.75) is 43.7 Å². The second-order valence-corrected chi connectivity index (χ2v) is 6.70. The maximum Gasteiger partial charge on any atom is 0.164 e. The molecule has 3 atom stereocenters. The van der Waals surface area contributed by atoms with Crippen molar-refractivity contribution in [2.24, 2.45) is 0 Å². The Kier molecular flexibility index (Phi) is 4.23. The molecule has 0 radical (unpaired) electrons. The fourth-order valence-corrected chi connectivity index (χ4v) is 3.32. The summed E-state index contributed by atoms with van der Waals surface area (Å²) >= 11 is 0. The van der Waals surface area contributed by atoms with E-state index in [1.54, 1.807) is 6.08 Å². The average Bonchev–Trinajstić information content (AvgIpc) is 2.64. The van der Waals surface area contributed by atoms with E-state index in [1.165, 1.54) is 0 Å². The van der Waals surface area contributed by atoms with Crippen LogP contribution in [-0.2, 0) is 20.3 Å². The van der Waals surface area contributed by atoms with Crippen LogP contribution in [0.4, 0.5) is 0 Å². The quantitative estimate of drug-likeness (QED) is 0.796. The van der Waals surface area contributed by atoms with Gasteiger partial charge in [0, 0.05) is 4.90 Å². The molecule has 0 aromatic heterocycles. The van der Waals surface area contributed by atoms with Crippen LogP contribution in [-0.4, -0.2) is 28.0 Å². The first-order valence-corrected chi connectivity index (χ1v) is 7.66. The summed E-state index contributed by atoms with van der Waals surface area (Å²) in [6.07, 6.45) is 1.30. The van der Waals surface area contributed by atoms with Crippen molar-refractivity contribution in [1.82, 2.24) is 0 Å². The normalized spacial score (nSPS) is 27.1. The topological polar surface area (TPSA) is 35.5 Å². The molecule has 1 aromatic rings. The van der Waals surface area contributed by atoms with Crippen LogP contribution in [0.15, 0.2) is 41.8 Å². The summed E-state index contributed by atoms with van der Waals surface area (Å²) in [7, 11) is -1.09. The predicted molar refractivity (Wildman–Crippen MR) is 76.5 cm³/mol. The molecule has 104 valence electrons. The Hall–Kier alpha value is -0.970. The lowest BCUT2D eigenvalue weighted by molar-refractivity contribution is -0.140. The molecule has 1 unspecified atom stereocenters. The van der Waals surface area contributed by atoms with Gasteiger partial charge in [-0.2, -0.15) is 0 Å². The van der Waals surface area contributed by atoms with E-state index in [2.05, 4.69) is 6.58 Å². The Bertz CT molecular complexity index is 479. The third-order valence-electron chi connectivity index (χ3n) is 3.05. The van der Waals surface area contributed by atoms with Crippen molar-refractivity contribution in [3.05, 3.63) is 42.5 Å². The van der Waals surface area contributed by atoms with Crippen LogP contribution in [0.1, 0.15) is 19.4 Å². The highest BCUT2D eigenvalue weighted by atomic mass is 32.2. The number of hydrogen-bond acceptors (Lipinski definition) is 3. The van der Waals surface area contributed by atoms with Crippen LogP contribution in [0.2, 0.25) is 0 Å². The summed E-state index contributed by atoms with van der Waals surface area (Å²) in [5.74, 6) is -0.218. The second-order valence-electron chi connectivity index (χ2n) is 5.20. The smallest absolute Gasteiger partial charge is 0.164 e. The van der Waals surface area contributed by atoms with E-state index in [0.717, 1.165) is 10.5 Å². The van der Waals surface area contributed by atoms with Crippen molar-refractivity contribution in [2.75, 3.05) is 5.75 Å². The molecule has 0 amide bonds. The molecule has 1 aliphatic rings. The van der Waals surface area contributed by atoms with Crippen molar-refractivity contribution in [1.29, 1.82) is 0 Å². The van der Waals surface area contributed by atoms with Gasteiger partial charge in [0.1, 0.15) is 12.2 Å². The van der Waals surface area contributed by atoms with Crippen molar-refractivity contribution in [3.8, 4) is 0 Å². The Labute approximate surface area is 117 Å². The molecular weight excluding hydrogens is 260 g/mol. The summed E-state index contributed by atoms with van der Waals surface area (Å²) in [4.78, 5) is 0.821. The molecule has 1 aliphatic heterocycles. The van der Waals surface area contributed by atoms with Gasteiger partial charge in [0.25, 0.3) is 0 Å². The molecule has 0 saturated carbocycles. The van der Waals surface area contributed by atoms with Crippen LogP contribution in [0.5, 0.6) is 0 Å². The lowest BCUT2D eigenvalue weighted by Gasteiger charge is -2.16. The number of aryl methyl sites for hydroxylation is 1. The van der Waals surface area contributed by atoms with Crippen LogP contribution in [0.25, 0.3) is 0 Å². The molecule has 4 heteroatoms. The van der Waals surface area contributed by atoms with E-state index in [9.17, 15) is 4.21 Å². The van der Waals surface area contributed by atoms with Crippen molar-refractivity contribution < 1.29 is 13.7 Å². The van der Waals surface area contributed by atoms with Crippen molar-refractivity contribution in [3.63, 3.8) is 0 Å². The highest BCUT2D eigenvalue weighted by molar-refractivity contribution is 7.85. The maximum atomic E-state index is 12.3. The molecule has 1 saturated heterocycles. The largest absolute Gasteiger partial charge is 0.343 e. The van der Waals surface area contributed by atoms with Crippen LogP contribution < -0.4 is 0 Å². The Morgan fingerprint density at radius 3 is 2.53 bits per heavy atom. The van der Waals surface area contributed by atoms with E-state index < -0.39 is 16.6 Å². The number of ether oxygens (including phenoxy) is 2. The first-order valence-electron chi connectivity index (χ1n) is 6.34.